The third-order valence-corrected chi connectivity index (χ3v) is 8.30. The van der Waals surface area contributed by atoms with Gasteiger partial charge in [0.2, 0.25) is 5.91 Å². The zero-order valence-electron chi connectivity index (χ0n) is 18.3. The molecule has 1 saturated carbocycles. The Balaban J connectivity index is 1.45. The van der Waals surface area contributed by atoms with Gasteiger partial charge < -0.3 is 9.88 Å². The topological polar surface area (TPSA) is 48.6 Å². The van der Waals surface area contributed by atoms with Crippen LogP contribution in [0.1, 0.15) is 52.0 Å². The molecule has 3 heterocycles. The largest absolute Gasteiger partial charge is 0.361 e. The van der Waals surface area contributed by atoms with E-state index in [-0.39, 0.29) is 23.7 Å². The van der Waals surface area contributed by atoms with Crippen LogP contribution in [-0.4, -0.2) is 45.7 Å². The summed E-state index contributed by atoms with van der Waals surface area (Å²) in [5.41, 5.74) is 2.09. The number of carbonyl (C=O) groups excluding carboxylic acids is 1. The van der Waals surface area contributed by atoms with Crippen molar-refractivity contribution in [3.8, 4) is 0 Å². The molecule has 5 nitrogen and oxygen atoms in total. The maximum atomic E-state index is 13.3. The normalized spacial score (nSPS) is 34.6. The van der Waals surface area contributed by atoms with Gasteiger partial charge in [0.15, 0.2) is 0 Å². The average molecular weight is 474 g/mol. The minimum Gasteiger partial charge on any atom is -0.361 e. The molecule has 1 amide bonds. The van der Waals surface area contributed by atoms with E-state index in [1.807, 2.05) is 11.9 Å². The van der Waals surface area contributed by atoms with Crippen LogP contribution in [0.25, 0.3) is 10.9 Å². The van der Waals surface area contributed by atoms with E-state index in [9.17, 15) is 4.79 Å². The van der Waals surface area contributed by atoms with Crippen LogP contribution >= 0.6 is 15.9 Å². The SMILES string of the molecule is CC(C)[C@@H]1CC[C@@H](C)C[C@@]12N(C)C(=O)[C@@H]1C[C@@H](Cc3c[nH]c4ccc(Br)cc34)ON12. The number of fused-ring (bicyclic) bond motifs is 3. The molecule has 6 heteroatoms. The highest BCUT2D eigenvalue weighted by Crippen LogP contribution is 2.53. The van der Waals surface area contributed by atoms with Crippen molar-refractivity contribution in [2.45, 2.75) is 70.7 Å². The summed E-state index contributed by atoms with van der Waals surface area (Å²) in [6, 6.07) is 6.17. The van der Waals surface area contributed by atoms with E-state index >= 15 is 0 Å². The molecule has 5 rings (SSSR count). The van der Waals surface area contributed by atoms with Crippen molar-refractivity contribution < 1.29 is 9.63 Å². The second-order valence-corrected chi connectivity index (χ2v) is 10.9. The minimum atomic E-state index is -0.300. The van der Waals surface area contributed by atoms with E-state index in [1.165, 1.54) is 17.4 Å². The third-order valence-electron chi connectivity index (χ3n) is 7.80. The number of nitrogens with zero attached hydrogens (tertiary/aromatic N) is 2. The van der Waals surface area contributed by atoms with Gasteiger partial charge in [-0.3, -0.25) is 9.63 Å². The van der Waals surface area contributed by atoms with Crippen molar-refractivity contribution in [1.82, 2.24) is 14.9 Å². The van der Waals surface area contributed by atoms with E-state index in [0.717, 1.165) is 35.7 Å². The highest BCUT2D eigenvalue weighted by Gasteiger charge is 2.64. The monoisotopic (exact) mass is 473 g/mol. The number of amides is 1. The maximum absolute atomic E-state index is 13.3. The van der Waals surface area contributed by atoms with Crippen molar-refractivity contribution in [2.75, 3.05) is 7.05 Å². The summed E-state index contributed by atoms with van der Waals surface area (Å²) < 4.78 is 1.08. The molecule has 162 valence electrons. The molecule has 1 spiro atoms. The lowest BCUT2D eigenvalue weighted by molar-refractivity contribution is -0.263. The highest BCUT2D eigenvalue weighted by atomic mass is 79.9. The quantitative estimate of drug-likeness (QED) is 0.673. The number of carbonyl (C=O) groups is 1. The number of aromatic amines is 1. The lowest BCUT2D eigenvalue weighted by Crippen LogP contribution is -2.61. The molecule has 3 aliphatic rings. The molecule has 2 aromatic rings. The van der Waals surface area contributed by atoms with Gasteiger partial charge in [-0.1, -0.05) is 43.1 Å². The van der Waals surface area contributed by atoms with E-state index in [0.29, 0.717) is 17.8 Å². The fourth-order valence-corrected chi connectivity index (χ4v) is 6.76. The zero-order chi connectivity index (χ0) is 21.2. The highest BCUT2D eigenvalue weighted by molar-refractivity contribution is 9.10. The summed E-state index contributed by atoms with van der Waals surface area (Å²) in [5.74, 6) is 1.79. The van der Waals surface area contributed by atoms with Gasteiger partial charge in [0.1, 0.15) is 11.7 Å². The van der Waals surface area contributed by atoms with Crippen LogP contribution < -0.4 is 0 Å². The van der Waals surface area contributed by atoms with Crippen LogP contribution in [0.5, 0.6) is 0 Å². The Bertz CT molecular complexity index is 973. The second-order valence-electron chi connectivity index (χ2n) is 10.0. The van der Waals surface area contributed by atoms with Gasteiger partial charge in [0, 0.05) is 47.4 Å². The Labute approximate surface area is 187 Å². The predicted octanol–water partition coefficient (Wildman–Crippen LogP) is 5.11. The third kappa shape index (κ3) is 2.98. The summed E-state index contributed by atoms with van der Waals surface area (Å²) >= 11 is 3.59. The molecule has 1 N–H and O–H groups in total. The standard InChI is InChI=1S/C24H32BrN3O2/c1-14(2)20-7-5-15(3)12-24(20)27(4)23(29)22-11-18(30-28(22)24)9-16-13-26-21-8-6-17(25)10-19(16)21/h6,8,10,13-15,18,20,22,26H,5,7,9,11-12H2,1-4H3/t15-,18-,20+,22+,24+/m1/s1. The molecular weight excluding hydrogens is 442 g/mol. The number of benzene rings is 1. The first kappa shape index (κ1) is 20.5. The molecule has 1 aliphatic carbocycles. The number of rotatable bonds is 3. The van der Waals surface area contributed by atoms with Gasteiger partial charge in [-0.25, -0.2) is 0 Å². The number of hydroxylamine groups is 2. The van der Waals surface area contributed by atoms with E-state index < -0.39 is 0 Å². The van der Waals surface area contributed by atoms with Gasteiger partial charge >= 0.3 is 0 Å². The number of H-pyrrole nitrogens is 1. The van der Waals surface area contributed by atoms with Crippen molar-refractivity contribution in [3.63, 3.8) is 0 Å². The van der Waals surface area contributed by atoms with Crippen LogP contribution in [0.15, 0.2) is 28.9 Å². The van der Waals surface area contributed by atoms with E-state index in [2.05, 4.69) is 71.1 Å². The molecule has 0 radical (unpaired) electrons. The summed E-state index contributed by atoms with van der Waals surface area (Å²) in [7, 11) is 2.00. The molecule has 0 bridgehead atoms. The number of nitrogens with one attached hydrogen (secondary N) is 1. The molecule has 2 saturated heterocycles. The summed E-state index contributed by atoms with van der Waals surface area (Å²) in [5, 5.41) is 3.37. The molecular formula is C24H32BrN3O2. The number of hydrogen-bond acceptors (Lipinski definition) is 3. The van der Waals surface area contributed by atoms with Crippen LogP contribution in [0.3, 0.4) is 0 Å². The zero-order valence-corrected chi connectivity index (χ0v) is 19.9. The van der Waals surface area contributed by atoms with Gasteiger partial charge in [-0.2, -0.15) is 5.06 Å². The lowest BCUT2D eigenvalue weighted by atomic mass is 9.69. The van der Waals surface area contributed by atoms with Crippen molar-refractivity contribution >= 4 is 32.7 Å². The Morgan fingerprint density at radius 3 is 2.90 bits per heavy atom. The summed E-state index contributed by atoms with van der Waals surface area (Å²) in [4.78, 5) is 25.4. The molecule has 1 aromatic heterocycles. The van der Waals surface area contributed by atoms with Gasteiger partial charge in [-0.05, 0) is 48.4 Å². The molecule has 30 heavy (non-hydrogen) atoms. The van der Waals surface area contributed by atoms with Crippen molar-refractivity contribution in [3.05, 3.63) is 34.4 Å². The Hall–Kier alpha value is -1.37. The molecule has 5 atom stereocenters. The maximum Gasteiger partial charge on any atom is 0.243 e. The van der Waals surface area contributed by atoms with Gasteiger partial charge in [0.05, 0.1) is 6.10 Å². The summed E-state index contributed by atoms with van der Waals surface area (Å²) in [6.07, 6.45) is 7.10. The molecule has 0 unspecified atom stereocenters. The first-order valence-corrected chi connectivity index (χ1v) is 12.1. The minimum absolute atomic E-state index is 0.0348. The number of likely N-dealkylation sites (N-methyl/N-ethyl adjacent to an activating group) is 1. The van der Waals surface area contributed by atoms with Crippen LogP contribution in [-0.2, 0) is 16.1 Å². The average Bonchev–Trinajstić information content (AvgIpc) is 3.35. The van der Waals surface area contributed by atoms with Crippen LogP contribution in [0.2, 0.25) is 0 Å². The molecule has 3 fully saturated rings. The van der Waals surface area contributed by atoms with E-state index in [4.69, 9.17) is 4.84 Å². The number of hydrogen-bond donors (Lipinski definition) is 1. The first-order valence-electron chi connectivity index (χ1n) is 11.3. The second kappa shape index (κ2) is 7.35. The van der Waals surface area contributed by atoms with Crippen molar-refractivity contribution in [2.24, 2.45) is 17.8 Å². The Morgan fingerprint density at radius 1 is 1.33 bits per heavy atom. The number of aromatic nitrogens is 1. The first-order chi connectivity index (χ1) is 14.3. The summed E-state index contributed by atoms with van der Waals surface area (Å²) in [6.45, 7) is 6.91. The van der Waals surface area contributed by atoms with Crippen LogP contribution in [0.4, 0.5) is 0 Å². The molecule has 1 aromatic carbocycles. The smallest absolute Gasteiger partial charge is 0.243 e. The lowest BCUT2D eigenvalue weighted by Gasteiger charge is -2.52. The fourth-order valence-electron chi connectivity index (χ4n) is 6.40. The Morgan fingerprint density at radius 2 is 2.13 bits per heavy atom. The van der Waals surface area contributed by atoms with Crippen LogP contribution in [0, 0.1) is 17.8 Å². The van der Waals surface area contributed by atoms with Gasteiger partial charge in [0.25, 0.3) is 0 Å². The fraction of sp³-hybridized carbons (Fsp3) is 0.625. The Kier molecular flexibility index (Phi) is 5.03. The van der Waals surface area contributed by atoms with Gasteiger partial charge in [-0.15, -0.1) is 0 Å². The predicted molar refractivity (Wildman–Crippen MR) is 122 cm³/mol. The number of halogens is 1. The molecule has 2 aliphatic heterocycles. The van der Waals surface area contributed by atoms with Crippen molar-refractivity contribution in [1.29, 1.82) is 0 Å². The van der Waals surface area contributed by atoms with E-state index in [1.54, 1.807) is 0 Å².